The number of amides is 2. The van der Waals surface area contributed by atoms with Gasteiger partial charge in [-0.2, -0.15) is 0 Å². The SMILES string of the molecule is O=C(Nc1ccc(CC(=O)N2CCOCC2)cc1)C1COc2ccccc2O1. The first-order valence-corrected chi connectivity index (χ1v) is 9.33. The van der Waals surface area contributed by atoms with Crippen molar-refractivity contribution in [3.63, 3.8) is 0 Å². The van der Waals surface area contributed by atoms with Gasteiger partial charge in [0.05, 0.1) is 19.6 Å². The first-order chi connectivity index (χ1) is 13.7. The lowest BCUT2D eigenvalue weighted by atomic mass is 10.1. The Bertz CT molecular complexity index is 846. The molecule has 0 spiro atoms. The quantitative estimate of drug-likeness (QED) is 0.874. The van der Waals surface area contributed by atoms with E-state index in [0.717, 1.165) is 5.56 Å². The van der Waals surface area contributed by atoms with Crippen LogP contribution in [0.3, 0.4) is 0 Å². The van der Waals surface area contributed by atoms with Crippen molar-refractivity contribution in [2.45, 2.75) is 12.5 Å². The molecule has 7 nitrogen and oxygen atoms in total. The number of hydrogen-bond acceptors (Lipinski definition) is 5. The molecule has 0 saturated carbocycles. The third kappa shape index (κ3) is 4.26. The van der Waals surface area contributed by atoms with Crippen LogP contribution >= 0.6 is 0 Å². The first kappa shape index (κ1) is 18.3. The van der Waals surface area contributed by atoms with Crippen LogP contribution in [0, 0.1) is 0 Å². The second-order valence-electron chi connectivity index (χ2n) is 6.72. The molecule has 2 aromatic carbocycles. The minimum Gasteiger partial charge on any atom is -0.485 e. The van der Waals surface area contributed by atoms with Crippen LogP contribution in [0.1, 0.15) is 5.56 Å². The molecule has 1 fully saturated rings. The van der Waals surface area contributed by atoms with Crippen LogP contribution in [0.4, 0.5) is 5.69 Å². The third-order valence-corrected chi connectivity index (χ3v) is 4.74. The molecule has 2 amide bonds. The average Bonchev–Trinajstić information content (AvgIpc) is 2.75. The number of nitrogens with zero attached hydrogens (tertiary/aromatic N) is 1. The van der Waals surface area contributed by atoms with Crippen molar-refractivity contribution in [1.29, 1.82) is 0 Å². The van der Waals surface area contributed by atoms with E-state index in [2.05, 4.69) is 5.32 Å². The molecule has 1 saturated heterocycles. The van der Waals surface area contributed by atoms with Gasteiger partial charge in [-0.05, 0) is 29.8 Å². The molecule has 0 bridgehead atoms. The molecule has 2 aromatic rings. The highest BCUT2D eigenvalue weighted by atomic mass is 16.6. The Morgan fingerprint density at radius 3 is 2.46 bits per heavy atom. The molecule has 28 heavy (non-hydrogen) atoms. The molecule has 1 unspecified atom stereocenters. The van der Waals surface area contributed by atoms with Crippen LogP contribution in [0.25, 0.3) is 0 Å². The average molecular weight is 382 g/mol. The van der Waals surface area contributed by atoms with Gasteiger partial charge in [-0.15, -0.1) is 0 Å². The van der Waals surface area contributed by atoms with Crippen molar-refractivity contribution in [2.75, 3.05) is 38.2 Å². The summed E-state index contributed by atoms with van der Waals surface area (Å²) < 4.78 is 16.6. The van der Waals surface area contributed by atoms with Crippen LogP contribution in [-0.2, 0) is 20.7 Å². The summed E-state index contributed by atoms with van der Waals surface area (Å²) in [6.07, 6.45) is -0.373. The summed E-state index contributed by atoms with van der Waals surface area (Å²) in [5, 5.41) is 2.83. The van der Waals surface area contributed by atoms with E-state index in [1.165, 1.54) is 0 Å². The molecule has 2 aliphatic rings. The Morgan fingerprint density at radius 1 is 1.00 bits per heavy atom. The molecule has 7 heteroatoms. The second kappa shape index (κ2) is 8.31. The number of rotatable bonds is 4. The summed E-state index contributed by atoms with van der Waals surface area (Å²) in [4.78, 5) is 26.6. The Hall–Kier alpha value is -3.06. The van der Waals surface area contributed by atoms with Crippen molar-refractivity contribution in [2.24, 2.45) is 0 Å². The third-order valence-electron chi connectivity index (χ3n) is 4.74. The molecule has 146 valence electrons. The number of fused-ring (bicyclic) bond motifs is 1. The fourth-order valence-corrected chi connectivity index (χ4v) is 3.18. The minimum absolute atomic E-state index is 0.0894. The van der Waals surface area contributed by atoms with Crippen LogP contribution in [0.15, 0.2) is 48.5 Å². The number of para-hydroxylation sites is 2. The molecule has 2 aliphatic heterocycles. The number of ether oxygens (including phenoxy) is 3. The number of morpholine rings is 1. The van der Waals surface area contributed by atoms with Gasteiger partial charge >= 0.3 is 0 Å². The van der Waals surface area contributed by atoms with E-state index in [9.17, 15) is 9.59 Å². The van der Waals surface area contributed by atoms with E-state index < -0.39 is 6.10 Å². The maximum Gasteiger partial charge on any atom is 0.269 e. The van der Waals surface area contributed by atoms with Crippen molar-refractivity contribution < 1.29 is 23.8 Å². The fraction of sp³-hybridized carbons (Fsp3) is 0.333. The lowest BCUT2D eigenvalue weighted by molar-refractivity contribution is -0.134. The zero-order valence-electron chi connectivity index (χ0n) is 15.4. The smallest absolute Gasteiger partial charge is 0.269 e. The predicted octanol–water partition coefficient (Wildman–Crippen LogP) is 1.87. The minimum atomic E-state index is -0.711. The van der Waals surface area contributed by atoms with E-state index in [4.69, 9.17) is 14.2 Å². The van der Waals surface area contributed by atoms with E-state index in [1.807, 2.05) is 29.2 Å². The van der Waals surface area contributed by atoms with Gasteiger partial charge in [0, 0.05) is 18.8 Å². The Kier molecular flexibility index (Phi) is 5.43. The van der Waals surface area contributed by atoms with Gasteiger partial charge in [-0.3, -0.25) is 9.59 Å². The highest BCUT2D eigenvalue weighted by Crippen LogP contribution is 2.31. The van der Waals surface area contributed by atoms with Gasteiger partial charge < -0.3 is 24.4 Å². The van der Waals surface area contributed by atoms with Crippen LogP contribution in [0.2, 0.25) is 0 Å². The summed E-state index contributed by atoms with van der Waals surface area (Å²) in [7, 11) is 0. The Morgan fingerprint density at radius 2 is 1.71 bits per heavy atom. The van der Waals surface area contributed by atoms with Crippen LogP contribution in [0.5, 0.6) is 11.5 Å². The van der Waals surface area contributed by atoms with Crippen LogP contribution in [-0.4, -0.2) is 55.7 Å². The normalized spacial score (nSPS) is 18.4. The topological polar surface area (TPSA) is 77.1 Å². The molecular weight excluding hydrogens is 360 g/mol. The monoisotopic (exact) mass is 382 g/mol. The lowest BCUT2D eigenvalue weighted by Gasteiger charge is -2.27. The molecular formula is C21H22N2O5. The molecule has 0 radical (unpaired) electrons. The summed E-state index contributed by atoms with van der Waals surface area (Å²) in [6, 6.07) is 14.5. The van der Waals surface area contributed by atoms with Gasteiger partial charge in [-0.25, -0.2) is 0 Å². The number of benzene rings is 2. The van der Waals surface area contributed by atoms with Gasteiger partial charge in [0.2, 0.25) is 12.0 Å². The molecule has 4 rings (SSSR count). The summed E-state index contributed by atoms with van der Waals surface area (Å²) in [5.41, 5.74) is 1.55. The Labute approximate surface area is 163 Å². The van der Waals surface area contributed by atoms with Crippen molar-refractivity contribution in [3.05, 3.63) is 54.1 Å². The van der Waals surface area contributed by atoms with E-state index in [1.54, 1.807) is 24.3 Å². The van der Waals surface area contributed by atoms with E-state index in [0.29, 0.717) is 49.9 Å². The molecule has 0 aliphatic carbocycles. The molecule has 1 N–H and O–H groups in total. The second-order valence-corrected chi connectivity index (χ2v) is 6.72. The first-order valence-electron chi connectivity index (χ1n) is 9.33. The van der Waals surface area contributed by atoms with Gasteiger partial charge in [-0.1, -0.05) is 24.3 Å². The fourth-order valence-electron chi connectivity index (χ4n) is 3.18. The number of carbonyl (C=O) groups is 2. The maximum atomic E-state index is 12.5. The van der Waals surface area contributed by atoms with E-state index >= 15 is 0 Å². The van der Waals surface area contributed by atoms with Gasteiger partial charge in [0.1, 0.15) is 6.61 Å². The van der Waals surface area contributed by atoms with Crippen molar-refractivity contribution in [3.8, 4) is 11.5 Å². The van der Waals surface area contributed by atoms with E-state index in [-0.39, 0.29) is 18.4 Å². The lowest BCUT2D eigenvalue weighted by Crippen LogP contribution is -2.41. The summed E-state index contributed by atoms with van der Waals surface area (Å²) in [5.74, 6) is 1.02. The van der Waals surface area contributed by atoms with Crippen molar-refractivity contribution >= 4 is 17.5 Å². The maximum absolute atomic E-state index is 12.5. The largest absolute Gasteiger partial charge is 0.485 e. The zero-order chi connectivity index (χ0) is 19.3. The highest BCUT2D eigenvalue weighted by Gasteiger charge is 2.27. The Balaban J connectivity index is 1.32. The summed E-state index contributed by atoms with van der Waals surface area (Å²) >= 11 is 0. The number of hydrogen-bond donors (Lipinski definition) is 1. The van der Waals surface area contributed by atoms with Gasteiger partial charge in [0.25, 0.3) is 5.91 Å². The number of anilines is 1. The number of nitrogens with one attached hydrogen (secondary N) is 1. The van der Waals surface area contributed by atoms with Crippen LogP contribution < -0.4 is 14.8 Å². The highest BCUT2D eigenvalue weighted by molar-refractivity contribution is 5.94. The molecule has 1 atom stereocenters. The predicted molar refractivity (Wildman–Crippen MR) is 103 cm³/mol. The number of carbonyl (C=O) groups excluding carboxylic acids is 2. The molecule has 2 heterocycles. The standard InChI is InChI=1S/C21H22N2O5/c24-20(23-9-11-26-12-10-23)13-15-5-7-16(8-6-15)22-21(25)19-14-27-17-3-1-2-4-18(17)28-19/h1-8,19H,9-14H2,(H,22,25). The zero-order valence-corrected chi connectivity index (χ0v) is 15.4. The van der Waals surface area contributed by atoms with Gasteiger partial charge in [0.15, 0.2) is 11.5 Å². The van der Waals surface area contributed by atoms with Crippen molar-refractivity contribution in [1.82, 2.24) is 4.90 Å². The summed E-state index contributed by atoms with van der Waals surface area (Å²) in [6.45, 7) is 2.62. The molecule has 0 aromatic heterocycles.